The number of nitrogens with zero attached hydrogens (tertiary/aromatic N) is 2. The maximum absolute atomic E-state index is 12.0. The van der Waals surface area contributed by atoms with E-state index in [4.69, 9.17) is 9.47 Å². The van der Waals surface area contributed by atoms with E-state index in [0.29, 0.717) is 35.8 Å². The van der Waals surface area contributed by atoms with Gasteiger partial charge in [-0.25, -0.2) is 4.98 Å². The number of amides is 1. The van der Waals surface area contributed by atoms with Crippen LogP contribution in [0.2, 0.25) is 0 Å². The molecule has 0 saturated heterocycles. The van der Waals surface area contributed by atoms with Crippen LogP contribution in [0.1, 0.15) is 11.3 Å². The molecule has 0 radical (unpaired) electrons. The summed E-state index contributed by atoms with van der Waals surface area (Å²) in [7, 11) is 1.54. The van der Waals surface area contributed by atoms with E-state index in [1.54, 1.807) is 32.0 Å². The summed E-state index contributed by atoms with van der Waals surface area (Å²) in [6.07, 6.45) is 1.49. The van der Waals surface area contributed by atoms with Gasteiger partial charge in [0.1, 0.15) is 0 Å². The fourth-order valence-electron chi connectivity index (χ4n) is 2.08. The van der Waals surface area contributed by atoms with E-state index >= 15 is 0 Å². The molecular formula is C17H21N3O4. The number of aryl methyl sites for hydroxylation is 1. The Morgan fingerprint density at radius 1 is 1.25 bits per heavy atom. The van der Waals surface area contributed by atoms with E-state index in [-0.39, 0.29) is 18.1 Å². The molecule has 0 spiro atoms. The molecule has 0 saturated carbocycles. The molecule has 24 heavy (non-hydrogen) atoms. The van der Waals surface area contributed by atoms with Crippen molar-refractivity contribution >= 4 is 5.91 Å². The second-order valence-electron chi connectivity index (χ2n) is 5.24. The minimum absolute atomic E-state index is 0.0954. The van der Waals surface area contributed by atoms with Gasteiger partial charge in [0.25, 0.3) is 11.5 Å². The highest BCUT2D eigenvalue weighted by atomic mass is 16.5. The zero-order chi connectivity index (χ0) is 17.5. The fraction of sp³-hybridized carbons (Fsp3) is 0.353. The van der Waals surface area contributed by atoms with Gasteiger partial charge >= 0.3 is 0 Å². The SMILES string of the molecule is COc1ccccc1OCC(=O)NCCn1cnc(C)c(C)c1=O. The van der Waals surface area contributed by atoms with E-state index < -0.39 is 0 Å². The summed E-state index contributed by atoms with van der Waals surface area (Å²) in [5.74, 6) is 0.800. The molecule has 1 aromatic carbocycles. The first-order valence-electron chi connectivity index (χ1n) is 7.58. The second-order valence-corrected chi connectivity index (χ2v) is 5.24. The number of carbonyl (C=O) groups excluding carboxylic acids is 1. The van der Waals surface area contributed by atoms with Crippen molar-refractivity contribution in [3.8, 4) is 11.5 Å². The highest BCUT2D eigenvalue weighted by molar-refractivity contribution is 5.77. The van der Waals surface area contributed by atoms with Gasteiger partial charge in [0.05, 0.1) is 13.4 Å². The van der Waals surface area contributed by atoms with Gasteiger partial charge in [-0.1, -0.05) is 12.1 Å². The molecule has 1 heterocycles. The minimum atomic E-state index is -0.272. The van der Waals surface area contributed by atoms with Gasteiger partial charge in [0.2, 0.25) is 0 Å². The fourth-order valence-corrected chi connectivity index (χ4v) is 2.08. The van der Waals surface area contributed by atoms with E-state index in [0.717, 1.165) is 0 Å². The molecule has 0 bridgehead atoms. The highest BCUT2D eigenvalue weighted by Gasteiger charge is 2.07. The molecule has 1 amide bonds. The predicted molar refractivity (Wildman–Crippen MR) is 89.5 cm³/mol. The van der Waals surface area contributed by atoms with Gasteiger partial charge in [0, 0.05) is 24.3 Å². The van der Waals surface area contributed by atoms with Crippen LogP contribution in [-0.4, -0.2) is 35.7 Å². The molecule has 7 nitrogen and oxygen atoms in total. The van der Waals surface area contributed by atoms with Crippen molar-refractivity contribution in [3.05, 3.63) is 52.2 Å². The molecule has 1 aromatic heterocycles. The molecule has 2 aromatic rings. The lowest BCUT2D eigenvalue weighted by Crippen LogP contribution is -2.34. The van der Waals surface area contributed by atoms with Crippen molar-refractivity contribution in [2.24, 2.45) is 0 Å². The Balaban J connectivity index is 1.82. The lowest BCUT2D eigenvalue weighted by Gasteiger charge is -2.11. The molecule has 0 unspecified atom stereocenters. The Kier molecular flexibility index (Phi) is 5.95. The Morgan fingerprint density at radius 2 is 1.96 bits per heavy atom. The van der Waals surface area contributed by atoms with Crippen LogP contribution < -0.4 is 20.3 Å². The lowest BCUT2D eigenvalue weighted by molar-refractivity contribution is -0.123. The zero-order valence-corrected chi connectivity index (χ0v) is 14.0. The number of methoxy groups -OCH3 is 1. The average molecular weight is 331 g/mol. The van der Waals surface area contributed by atoms with Crippen molar-refractivity contribution in [2.75, 3.05) is 20.3 Å². The molecule has 0 atom stereocenters. The number of rotatable bonds is 7. The van der Waals surface area contributed by atoms with Gasteiger partial charge in [-0.2, -0.15) is 0 Å². The molecule has 2 rings (SSSR count). The van der Waals surface area contributed by atoms with Crippen LogP contribution in [0, 0.1) is 13.8 Å². The number of benzene rings is 1. The maximum Gasteiger partial charge on any atom is 0.258 e. The van der Waals surface area contributed by atoms with Crippen molar-refractivity contribution in [2.45, 2.75) is 20.4 Å². The third-order valence-corrected chi connectivity index (χ3v) is 3.62. The van der Waals surface area contributed by atoms with E-state index in [2.05, 4.69) is 10.3 Å². The minimum Gasteiger partial charge on any atom is -0.493 e. The van der Waals surface area contributed by atoms with Crippen LogP contribution in [0.15, 0.2) is 35.4 Å². The van der Waals surface area contributed by atoms with Gasteiger partial charge < -0.3 is 14.8 Å². The number of hydrogen-bond acceptors (Lipinski definition) is 5. The maximum atomic E-state index is 12.0. The third-order valence-electron chi connectivity index (χ3n) is 3.62. The number of para-hydroxylation sites is 2. The van der Waals surface area contributed by atoms with Gasteiger partial charge in [-0.3, -0.25) is 14.2 Å². The molecular weight excluding hydrogens is 310 g/mol. The molecule has 0 aliphatic carbocycles. The molecule has 0 aliphatic rings. The zero-order valence-electron chi connectivity index (χ0n) is 14.0. The largest absolute Gasteiger partial charge is 0.493 e. The van der Waals surface area contributed by atoms with E-state index in [1.165, 1.54) is 18.0 Å². The Bertz CT molecular complexity index is 771. The average Bonchev–Trinajstić information content (AvgIpc) is 2.60. The van der Waals surface area contributed by atoms with Gasteiger partial charge in [-0.05, 0) is 26.0 Å². The van der Waals surface area contributed by atoms with E-state index in [1.807, 2.05) is 6.07 Å². The Morgan fingerprint density at radius 3 is 2.67 bits per heavy atom. The van der Waals surface area contributed by atoms with Gasteiger partial charge in [-0.15, -0.1) is 0 Å². The van der Waals surface area contributed by atoms with E-state index in [9.17, 15) is 9.59 Å². The standard InChI is InChI=1S/C17H21N3O4/c1-12-13(2)19-11-20(17(12)22)9-8-18-16(21)10-24-15-7-5-4-6-14(15)23-3/h4-7,11H,8-10H2,1-3H3,(H,18,21). The first-order chi connectivity index (χ1) is 11.5. The summed E-state index contributed by atoms with van der Waals surface area (Å²) in [5, 5.41) is 2.71. The molecule has 0 fully saturated rings. The number of aromatic nitrogens is 2. The summed E-state index contributed by atoms with van der Waals surface area (Å²) < 4.78 is 12.1. The van der Waals surface area contributed by atoms with Crippen LogP contribution in [0.3, 0.4) is 0 Å². The number of ether oxygens (including phenoxy) is 2. The topological polar surface area (TPSA) is 82.4 Å². The third kappa shape index (κ3) is 4.34. The van der Waals surface area contributed by atoms with Crippen molar-refractivity contribution in [1.29, 1.82) is 0 Å². The summed E-state index contributed by atoms with van der Waals surface area (Å²) in [4.78, 5) is 28.0. The first-order valence-corrected chi connectivity index (χ1v) is 7.58. The monoisotopic (exact) mass is 331 g/mol. The first kappa shape index (κ1) is 17.5. The molecule has 7 heteroatoms. The van der Waals surface area contributed by atoms with Crippen molar-refractivity contribution < 1.29 is 14.3 Å². The Labute approximate surface area is 140 Å². The summed E-state index contributed by atoms with van der Waals surface area (Å²) in [5.41, 5.74) is 1.23. The number of nitrogens with one attached hydrogen (secondary N) is 1. The van der Waals surface area contributed by atoms with Gasteiger partial charge in [0.15, 0.2) is 18.1 Å². The normalized spacial score (nSPS) is 10.3. The van der Waals surface area contributed by atoms with Crippen molar-refractivity contribution in [3.63, 3.8) is 0 Å². The predicted octanol–water partition coefficient (Wildman–Crippen LogP) is 1.06. The Hall–Kier alpha value is -2.83. The van der Waals surface area contributed by atoms with Crippen LogP contribution in [-0.2, 0) is 11.3 Å². The smallest absolute Gasteiger partial charge is 0.258 e. The molecule has 128 valence electrons. The summed E-state index contributed by atoms with van der Waals surface area (Å²) in [6, 6.07) is 7.11. The molecule has 0 aliphatic heterocycles. The quantitative estimate of drug-likeness (QED) is 0.820. The summed E-state index contributed by atoms with van der Waals surface area (Å²) >= 11 is 0. The lowest BCUT2D eigenvalue weighted by atomic mass is 10.3. The number of hydrogen-bond donors (Lipinski definition) is 1. The van der Waals surface area contributed by atoms with Crippen molar-refractivity contribution in [1.82, 2.24) is 14.9 Å². The summed E-state index contributed by atoms with van der Waals surface area (Å²) in [6.45, 7) is 4.07. The highest BCUT2D eigenvalue weighted by Crippen LogP contribution is 2.25. The van der Waals surface area contributed by atoms with Crippen LogP contribution in [0.5, 0.6) is 11.5 Å². The second kappa shape index (κ2) is 8.14. The van der Waals surface area contributed by atoms with Crippen LogP contribution in [0.4, 0.5) is 0 Å². The number of carbonyl (C=O) groups is 1. The molecule has 1 N–H and O–H groups in total. The van der Waals surface area contributed by atoms with Crippen LogP contribution in [0.25, 0.3) is 0 Å². The van der Waals surface area contributed by atoms with Crippen LogP contribution >= 0.6 is 0 Å².